The summed E-state index contributed by atoms with van der Waals surface area (Å²) in [5.41, 5.74) is 1.29. The molecule has 27 heavy (non-hydrogen) atoms. The number of aromatic nitrogens is 1. The summed E-state index contributed by atoms with van der Waals surface area (Å²) >= 11 is 0. The smallest absolute Gasteiger partial charge is 0.254 e. The number of hydrogen-bond acceptors (Lipinski definition) is 6. The maximum Gasteiger partial charge on any atom is 0.254 e. The Morgan fingerprint density at radius 3 is 2.41 bits per heavy atom. The summed E-state index contributed by atoms with van der Waals surface area (Å²) in [5, 5.41) is 15.0. The number of benzene rings is 2. The van der Waals surface area contributed by atoms with E-state index in [1.54, 1.807) is 42.5 Å². The van der Waals surface area contributed by atoms with Crippen molar-refractivity contribution in [2.75, 3.05) is 7.05 Å². The van der Waals surface area contributed by atoms with Crippen LogP contribution in [0.5, 0.6) is 0 Å². The highest BCUT2D eigenvalue weighted by molar-refractivity contribution is 7.89. The van der Waals surface area contributed by atoms with Crippen LogP contribution in [-0.2, 0) is 21.2 Å². The summed E-state index contributed by atoms with van der Waals surface area (Å²) < 4.78 is 29.7. The van der Waals surface area contributed by atoms with Gasteiger partial charge in [-0.1, -0.05) is 42.5 Å². The Morgan fingerprint density at radius 1 is 1.15 bits per heavy atom. The SMILES string of the molecule is CN(O)C(=O)Cc1nc(-c2ccccc2)c(-c2ccccc2S(N)(=O)=O)o1. The maximum absolute atomic E-state index is 12.0. The van der Waals surface area contributed by atoms with Gasteiger partial charge in [-0.05, 0) is 12.1 Å². The van der Waals surface area contributed by atoms with E-state index in [1.807, 2.05) is 6.07 Å². The first-order valence-electron chi connectivity index (χ1n) is 7.90. The topological polar surface area (TPSA) is 127 Å². The van der Waals surface area contributed by atoms with Gasteiger partial charge in [0.1, 0.15) is 12.1 Å². The van der Waals surface area contributed by atoms with Gasteiger partial charge in [-0.2, -0.15) is 0 Å². The quantitative estimate of drug-likeness (QED) is 0.509. The van der Waals surface area contributed by atoms with Gasteiger partial charge in [-0.3, -0.25) is 10.0 Å². The van der Waals surface area contributed by atoms with Crippen LogP contribution in [0.4, 0.5) is 0 Å². The first-order valence-corrected chi connectivity index (χ1v) is 9.45. The van der Waals surface area contributed by atoms with Crippen molar-refractivity contribution in [2.45, 2.75) is 11.3 Å². The number of rotatable bonds is 5. The molecule has 3 aromatic rings. The number of oxazole rings is 1. The number of nitrogens with zero attached hydrogens (tertiary/aromatic N) is 2. The van der Waals surface area contributed by atoms with Crippen LogP contribution >= 0.6 is 0 Å². The van der Waals surface area contributed by atoms with Crippen molar-refractivity contribution in [1.29, 1.82) is 0 Å². The summed E-state index contributed by atoms with van der Waals surface area (Å²) in [5.74, 6) is -0.407. The van der Waals surface area contributed by atoms with E-state index in [0.717, 1.165) is 0 Å². The van der Waals surface area contributed by atoms with Crippen LogP contribution in [0.3, 0.4) is 0 Å². The van der Waals surface area contributed by atoms with Crippen molar-refractivity contribution in [3.05, 3.63) is 60.5 Å². The molecule has 0 aliphatic rings. The van der Waals surface area contributed by atoms with Crippen LogP contribution in [0.1, 0.15) is 5.89 Å². The highest BCUT2D eigenvalue weighted by Crippen LogP contribution is 2.36. The minimum atomic E-state index is -4.01. The molecule has 0 atom stereocenters. The molecular formula is C18H17N3O5S. The Labute approximate surface area is 155 Å². The summed E-state index contributed by atoms with van der Waals surface area (Å²) in [4.78, 5) is 16.0. The fourth-order valence-electron chi connectivity index (χ4n) is 2.56. The molecule has 1 aromatic heterocycles. The predicted octanol–water partition coefficient (Wildman–Crippen LogP) is 2.05. The molecule has 3 rings (SSSR count). The second kappa shape index (κ2) is 7.31. The van der Waals surface area contributed by atoms with Gasteiger partial charge in [0.25, 0.3) is 5.91 Å². The molecule has 0 saturated carbocycles. The lowest BCUT2D eigenvalue weighted by Gasteiger charge is -2.07. The second-order valence-electron chi connectivity index (χ2n) is 5.79. The standard InChI is InChI=1S/C18H17N3O5S/c1-21(23)16(22)11-15-20-17(12-7-3-2-4-8-12)18(26-15)13-9-5-6-10-14(13)27(19,24)25/h2-10,23H,11H2,1H3,(H2,19,24,25). The zero-order valence-electron chi connectivity index (χ0n) is 14.4. The van der Waals surface area contributed by atoms with Crippen LogP contribution in [-0.4, -0.2) is 36.6 Å². The zero-order valence-corrected chi connectivity index (χ0v) is 15.2. The number of sulfonamides is 1. The highest BCUT2D eigenvalue weighted by atomic mass is 32.2. The van der Waals surface area contributed by atoms with Crippen molar-refractivity contribution in [3.63, 3.8) is 0 Å². The lowest BCUT2D eigenvalue weighted by atomic mass is 10.1. The first kappa shape index (κ1) is 18.8. The highest BCUT2D eigenvalue weighted by Gasteiger charge is 2.24. The maximum atomic E-state index is 12.0. The minimum Gasteiger partial charge on any atom is -0.439 e. The number of hydrogen-bond donors (Lipinski definition) is 2. The van der Waals surface area contributed by atoms with E-state index in [0.29, 0.717) is 16.3 Å². The summed E-state index contributed by atoms with van der Waals surface area (Å²) in [6, 6.07) is 15.1. The summed E-state index contributed by atoms with van der Waals surface area (Å²) in [6.07, 6.45) is -0.287. The molecule has 3 N–H and O–H groups in total. The predicted molar refractivity (Wildman–Crippen MR) is 97.0 cm³/mol. The Kier molecular flexibility index (Phi) is 5.08. The first-order chi connectivity index (χ1) is 12.8. The molecule has 0 spiro atoms. The average Bonchev–Trinajstić information content (AvgIpc) is 3.05. The molecule has 1 heterocycles. The van der Waals surface area contributed by atoms with Gasteiger partial charge in [0.2, 0.25) is 15.9 Å². The molecule has 0 unspecified atom stereocenters. The van der Waals surface area contributed by atoms with Gasteiger partial charge < -0.3 is 4.42 Å². The molecular weight excluding hydrogens is 370 g/mol. The zero-order chi connectivity index (χ0) is 19.6. The Hall–Kier alpha value is -3.01. The lowest BCUT2D eigenvalue weighted by molar-refractivity contribution is -0.158. The summed E-state index contributed by atoms with van der Waals surface area (Å²) in [6.45, 7) is 0. The monoisotopic (exact) mass is 387 g/mol. The van der Waals surface area contributed by atoms with Crippen molar-refractivity contribution in [3.8, 4) is 22.6 Å². The fourth-order valence-corrected chi connectivity index (χ4v) is 3.30. The van der Waals surface area contributed by atoms with Gasteiger partial charge in [-0.25, -0.2) is 23.6 Å². The Bertz CT molecular complexity index is 1080. The average molecular weight is 387 g/mol. The normalized spacial score (nSPS) is 11.4. The molecule has 9 heteroatoms. The molecule has 2 aromatic carbocycles. The third kappa shape index (κ3) is 4.05. The van der Waals surface area contributed by atoms with Crippen LogP contribution in [0, 0.1) is 0 Å². The molecule has 1 amide bonds. The van der Waals surface area contributed by atoms with E-state index in [1.165, 1.54) is 13.1 Å². The van der Waals surface area contributed by atoms with Crippen LogP contribution < -0.4 is 5.14 Å². The van der Waals surface area contributed by atoms with E-state index in [9.17, 15) is 18.4 Å². The van der Waals surface area contributed by atoms with Gasteiger partial charge in [0.05, 0.1) is 4.90 Å². The van der Waals surface area contributed by atoms with E-state index in [2.05, 4.69) is 4.98 Å². The van der Waals surface area contributed by atoms with Crippen molar-refractivity contribution in [1.82, 2.24) is 10.0 Å². The van der Waals surface area contributed by atoms with E-state index in [-0.39, 0.29) is 28.5 Å². The molecule has 0 radical (unpaired) electrons. The molecule has 140 valence electrons. The second-order valence-corrected chi connectivity index (χ2v) is 7.32. The molecule has 0 fully saturated rings. The van der Waals surface area contributed by atoms with Gasteiger partial charge >= 0.3 is 0 Å². The molecule has 0 aliphatic carbocycles. The van der Waals surface area contributed by atoms with Gasteiger partial charge in [-0.15, -0.1) is 0 Å². The van der Waals surface area contributed by atoms with Crippen LogP contribution in [0.2, 0.25) is 0 Å². The number of likely N-dealkylation sites (N-methyl/N-ethyl adjacent to an activating group) is 1. The van der Waals surface area contributed by atoms with E-state index < -0.39 is 15.9 Å². The van der Waals surface area contributed by atoms with Crippen LogP contribution in [0.25, 0.3) is 22.6 Å². The minimum absolute atomic E-state index is 0.0407. The number of primary sulfonamides is 1. The lowest BCUT2D eigenvalue weighted by Crippen LogP contribution is -2.24. The summed E-state index contributed by atoms with van der Waals surface area (Å²) in [7, 11) is -2.82. The molecule has 0 aliphatic heterocycles. The van der Waals surface area contributed by atoms with Crippen molar-refractivity contribution in [2.24, 2.45) is 5.14 Å². The molecule has 0 saturated heterocycles. The third-order valence-corrected chi connectivity index (χ3v) is 4.79. The molecule has 0 bridgehead atoms. The molecule has 8 nitrogen and oxygen atoms in total. The Balaban J connectivity index is 2.20. The number of amides is 1. The van der Waals surface area contributed by atoms with Crippen molar-refractivity contribution >= 4 is 15.9 Å². The largest absolute Gasteiger partial charge is 0.439 e. The van der Waals surface area contributed by atoms with Crippen LogP contribution in [0.15, 0.2) is 63.9 Å². The van der Waals surface area contributed by atoms with Gasteiger partial charge in [0.15, 0.2) is 5.76 Å². The fraction of sp³-hybridized carbons (Fsp3) is 0.111. The number of hydroxylamine groups is 2. The van der Waals surface area contributed by atoms with Gasteiger partial charge in [0, 0.05) is 18.2 Å². The van der Waals surface area contributed by atoms with E-state index in [4.69, 9.17) is 9.56 Å². The number of carbonyl (C=O) groups excluding carboxylic acids is 1. The van der Waals surface area contributed by atoms with E-state index >= 15 is 0 Å². The van der Waals surface area contributed by atoms with Crippen molar-refractivity contribution < 1.29 is 22.8 Å². The Morgan fingerprint density at radius 2 is 1.78 bits per heavy atom. The third-order valence-electron chi connectivity index (χ3n) is 3.82. The number of carbonyl (C=O) groups is 1. The number of nitrogens with two attached hydrogens (primary N) is 1.